The zero-order chi connectivity index (χ0) is 9.42. The fourth-order valence-corrected chi connectivity index (χ4v) is 2.22. The lowest BCUT2D eigenvalue weighted by Crippen LogP contribution is -2.55. The average molecular weight is 185 g/mol. The van der Waals surface area contributed by atoms with Gasteiger partial charge in [0.2, 0.25) is 0 Å². The second-order valence-electron chi connectivity index (χ2n) is 4.26. The molecule has 2 N–H and O–H groups in total. The average Bonchev–Trinajstić information content (AvgIpc) is 2.47. The number of rotatable bonds is 1. The molecule has 2 heterocycles. The van der Waals surface area contributed by atoms with Crippen LogP contribution in [0.4, 0.5) is 0 Å². The van der Waals surface area contributed by atoms with E-state index in [-0.39, 0.29) is 0 Å². The van der Waals surface area contributed by atoms with Gasteiger partial charge in [-0.1, -0.05) is 0 Å². The highest BCUT2D eigenvalue weighted by molar-refractivity contribution is 4.90. The summed E-state index contributed by atoms with van der Waals surface area (Å²) in [6, 6.07) is 1.13. The van der Waals surface area contributed by atoms with Crippen molar-refractivity contribution in [2.24, 2.45) is 0 Å². The van der Waals surface area contributed by atoms with E-state index in [1.807, 2.05) is 0 Å². The third-order valence-corrected chi connectivity index (χ3v) is 3.14. The number of hydrogen-bond donors (Lipinski definition) is 2. The standard InChI is InChI=1S/C9H19N3O/c1-7(2)11-3-4-12-8(6-11)5-10-9(12)13/h7-10,13H,3-6H2,1-2H3/t8-,9?/m1/s1. The zero-order valence-corrected chi connectivity index (χ0v) is 8.40. The van der Waals surface area contributed by atoms with Gasteiger partial charge in [0.1, 0.15) is 0 Å². The normalized spacial score (nSPS) is 36.9. The molecule has 4 heteroatoms. The predicted molar refractivity (Wildman–Crippen MR) is 51.2 cm³/mol. The van der Waals surface area contributed by atoms with E-state index in [2.05, 4.69) is 29.0 Å². The first-order valence-corrected chi connectivity index (χ1v) is 5.09. The van der Waals surface area contributed by atoms with Crippen molar-refractivity contribution in [3.63, 3.8) is 0 Å². The van der Waals surface area contributed by atoms with Gasteiger partial charge in [-0.05, 0) is 13.8 Å². The molecule has 2 atom stereocenters. The van der Waals surface area contributed by atoms with Gasteiger partial charge in [0.05, 0.1) is 0 Å². The van der Waals surface area contributed by atoms with E-state index in [0.29, 0.717) is 12.1 Å². The Morgan fingerprint density at radius 3 is 2.85 bits per heavy atom. The van der Waals surface area contributed by atoms with Crippen molar-refractivity contribution in [1.82, 2.24) is 15.1 Å². The molecule has 2 fully saturated rings. The lowest BCUT2D eigenvalue weighted by Gasteiger charge is -2.39. The van der Waals surface area contributed by atoms with Crippen molar-refractivity contribution >= 4 is 0 Å². The van der Waals surface area contributed by atoms with E-state index in [1.165, 1.54) is 0 Å². The van der Waals surface area contributed by atoms with Crippen molar-refractivity contribution in [2.45, 2.75) is 32.3 Å². The molecule has 2 saturated heterocycles. The number of aliphatic hydroxyl groups excluding tert-OH is 1. The van der Waals surface area contributed by atoms with Gasteiger partial charge in [0.25, 0.3) is 0 Å². The van der Waals surface area contributed by atoms with Crippen molar-refractivity contribution in [1.29, 1.82) is 0 Å². The second-order valence-corrected chi connectivity index (χ2v) is 4.26. The molecule has 2 aliphatic heterocycles. The van der Waals surface area contributed by atoms with Gasteiger partial charge in [0.15, 0.2) is 6.35 Å². The van der Waals surface area contributed by atoms with Crippen LogP contribution in [0.1, 0.15) is 13.8 Å². The van der Waals surface area contributed by atoms with E-state index in [4.69, 9.17) is 0 Å². The summed E-state index contributed by atoms with van der Waals surface area (Å²) in [7, 11) is 0. The van der Waals surface area contributed by atoms with Crippen LogP contribution in [0.5, 0.6) is 0 Å². The highest BCUT2D eigenvalue weighted by atomic mass is 16.3. The Kier molecular flexibility index (Phi) is 2.55. The summed E-state index contributed by atoms with van der Waals surface area (Å²) in [5.41, 5.74) is 0. The number of aliphatic hydroxyl groups is 1. The van der Waals surface area contributed by atoms with Gasteiger partial charge in [0, 0.05) is 38.3 Å². The number of fused-ring (bicyclic) bond motifs is 1. The Morgan fingerprint density at radius 2 is 2.15 bits per heavy atom. The van der Waals surface area contributed by atoms with E-state index < -0.39 is 6.35 Å². The molecular formula is C9H19N3O. The minimum Gasteiger partial charge on any atom is -0.365 e. The summed E-state index contributed by atoms with van der Waals surface area (Å²) in [6.45, 7) is 8.53. The third kappa shape index (κ3) is 1.72. The number of piperazine rings is 1. The summed E-state index contributed by atoms with van der Waals surface area (Å²) in [4.78, 5) is 4.62. The largest absolute Gasteiger partial charge is 0.365 e. The summed E-state index contributed by atoms with van der Waals surface area (Å²) in [5.74, 6) is 0. The van der Waals surface area contributed by atoms with Crippen LogP contribution < -0.4 is 5.32 Å². The molecule has 1 unspecified atom stereocenters. The van der Waals surface area contributed by atoms with E-state index in [0.717, 1.165) is 26.2 Å². The molecule has 0 saturated carbocycles. The monoisotopic (exact) mass is 185 g/mol. The van der Waals surface area contributed by atoms with Crippen LogP contribution in [0.15, 0.2) is 0 Å². The van der Waals surface area contributed by atoms with Crippen LogP contribution in [-0.4, -0.2) is 59.5 Å². The molecule has 0 spiro atoms. The Bertz CT molecular complexity index is 186. The molecule has 4 nitrogen and oxygen atoms in total. The Labute approximate surface area is 79.5 Å². The quantitative estimate of drug-likeness (QED) is 0.564. The van der Waals surface area contributed by atoms with Gasteiger partial charge in [-0.15, -0.1) is 0 Å². The van der Waals surface area contributed by atoms with Gasteiger partial charge in [-0.2, -0.15) is 0 Å². The summed E-state index contributed by atoms with van der Waals surface area (Å²) < 4.78 is 0. The number of nitrogens with one attached hydrogen (secondary N) is 1. The molecule has 2 rings (SSSR count). The maximum absolute atomic E-state index is 9.55. The van der Waals surface area contributed by atoms with Gasteiger partial charge in [-0.3, -0.25) is 15.1 Å². The summed E-state index contributed by atoms with van der Waals surface area (Å²) in [6.07, 6.45) is -0.403. The van der Waals surface area contributed by atoms with Crippen molar-refractivity contribution < 1.29 is 5.11 Å². The van der Waals surface area contributed by atoms with E-state index >= 15 is 0 Å². The van der Waals surface area contributed by atoms with Gasteiger partial charge >= 0.3 is 0 Å². The first-order chi connectivity index (χ1) is 6.18. The first-order valence-electron chi connectivity index (χ1n) is 5.09. The molecular weight excluding hydrogens is 166 g/mol. The van der Waals surface area contributed by atoms with Crippen LogP contribution in [0.3, 0.4) is 0 Å². The molecule has 0 bridgehead atoms. The summed E-state index contributed by atoms with van der Waals surface area (Å²) >= 11 is 0. The smallest absolute Gasteiger partial charge is 0.163 e. The van der Waals surface area contributed by atoms with Crippen LogP contribution in [-0.2, 0) is 0 Å². The minimum absolute atomic E-state index is 0.403. The van der Waals surface area contributed by atoms with Crippen molar-refractivity contribution in [3.8, 4) is 0 Å². The third-order valence-electron chi connectivity index (χ3n) is 3.14. The molecule has 0 aromatic rings. The lowest BCUT2D eigenvalue weighted by molar-refractivity contribution is -0.0317. The topological polar surface area (TPSA) is 38.7 Å². The SMILES string of the molecule is CC(C)N1CCN2C(O)NC[C@@H]2C1. The van der Waals surface area contributed by atoms with Crippen molar-refractivity contribution in [3.05, 3.63) is 0 Å². The highest BCUT2D eigenvalue weighted by Gasteiger charge is 2.36. The molecule has 0 aromatic carbocycles. The predicted octanol–water partition coefficient (Wildman–Crippen LogP) is -0.740. The minimum atomic E-state index is -0.403. The molecule has 0 aromatic heterocycles. The van der Waals surface area contributed by atoms with Gasteiger partial charge in [-0.25, -0.2) is 0 Å². The summed E-state index contributed by atoms with van der Waals surface area (Å²) in [5, 5.41) is 12.6. The fourth-order valence-electron chi connectivity index (χ4n) is 2.22. The van der Waals surface area contributed by atoms with Crippen LogP contribution in [0, 0.1) is 0 Å². The first kappa shape index (κ1) is 9.40. The van der Waals surface area contributed by atoms with E-state index in [1.54, 1.807) is 0 Å². The number of hydrogen-bond acceptors (Lipinski definition) is 4. The molecule has 2 aliphatic rings. The molecule has 0 aliphatic carbocycles. The lowest BCUT2D eigenvalue weighted by atomic mass is 10.1. The van der Waals surface area contributed by atoms with Crippen molar-refractivity contribution in [2.75, 3.05) is 26.2 Å². The maximum Gasteiger partial charge on any atom is 0.163 e. The highest BCUT2D eigenvalue weighted by Crippen LogP contribution is 2.17. The Hall–Kier alpha value is -0.160. The second kappa shape index (κ2) is 3.53. The Morgan fingerprint density at radius 1 is 1.38 bits per heavy atom. The molecule has 13 heavy (non-hydrogen) atoms. The molecule has 76 valence electrons. The van der Waals surface area contributed by atoms with Crippen LogP contribution in [0.2, 0.25) is 0 Å². The Balaban J connectivity index is 1.95. The zero-order valence-electron chi connectivity index (χ0n) is 8.40. The molecule has 0 radical (unpaired) electrons. The van der Waals surface area contributed by atoms with Crippen LogP contribution in [0.25, 0.3) is 0 Å². The fraction of sp³-hybridized carbons (Fsp3) is 1.00. The van der Waals surface area contributed by atoms with Gasteiger partial charge < -0.3 is 5.11 Å². The maximum atomic E-state index is 9.55. The van der Waals surface area contributed by atoms with E-state index in [9.17, 15) is 5.11 Å². The molecule has 0 amide bonds. The number of nitrogens with zero attached hydrogens (tertiary/aromatic N) is 2. The van der Waals surface area contributed by atoms with Crippen LogP contribution >= 0.6 is 0 Å².